The molecule has 0 aliphatic rings. The van der Waals surface area contributed by atoms with E-state index in [9.17, 15) is 4.79 Å². The lowest BCUT2D eigenvalue weighted by Gasteiger charge is -2.22. The summed E-state index contributed by atoms with van der Waals surface area (Å²) in [7, 11) is 0. The third-order valence-electron chi connectivity index (χ3n) is 2.56. The summed E-state index contributed by atoms with van der Waals surface area (Å²) in [5.74, 6) is -0.125. The van der Waals surface area contributed by atoms with Crippen LogP contribution in [-0.4, -0.2) is 11.4 Å². The van der Waals surface area contributed by atoms with Crippen LogP contribution in [0.1, 0.15) is 32.3 Å². The summed E-state index contributed by atoms with van der Waals surface area (Å²) < 4.78 is 0. The normalized spacial score (nSPS) is 14.2. The first-order chi connectivity index (χ1) is 7.45. The smallest absolute Gasteiger partial charge is 0.244 e. The number of carbonyl (C=O) groups excluding carboxylic acids is 1. The van der Waals surface area contributed by atoms with Gasteiger partial charge in [0.25, 0.3) is 0 Å². The van der Waals surface area contributed by atoms with Gasteiger partial charge < -0.3 is 11.1 Å². The first kappa shape index (κ1) is 12.7. The monoisotopic (exact) mass is 220 g/mol. The number of hydrogen-bond donors (Lipinski definition) is 2. The number of rotatable bonds is 4. The van der Waals surface area contributed by atoms with Crippen LogP contribution in [0.4, 0.5) is 5.69 Å². The van der Waals surface area contributed by atoms with Crippen LogP contribution in [0.25, 0.3) is 0 Å². The van der Waals surface area contributed by atoms with Gasteiger partial charge in [-0.15, -0.1) is 0 Å². The predicted molar refractivity (Wildman–Crippen MR) is 67.3 cm³/mol. The van der Waals surface area contributed by atoms with Crippen molar-refractivity contribution >= 4 is 11.6 Å². The van der Waals surface area contributed by atoms with Gasteiger partial charge >= 0.3 is 0 Å². The Hall–Kier alpha value is -1.35. The molecule has 0 radical (unpaired) electrons. The zero-order valence-electron chi connectivity index (χ0n) is 10.2. The Labute approximate surface area is 97.0 Å². The summed E-state index contributed by atoms with van der Waals surface area (Å²) in [6, 6.07) is 7.70. The van der Waals surface area contributed by atoms with Gasteiger partial charge in [-0.2, -0.15) is 0 Å². The average molecular weight is 220 g/mol. The molecule has 0 bridgehead atoms. The minimum absolute atomic E-state index is 0.125. The van der Waals surface area contributed by atoms with E-state index in [4.69, 9.17) is 5.73 Å². The molecule has 3 nitrogen and oxygen atoms in total. The van der Waals surface area contributed by atoms with Crippen LogP contribution in [0.15, 0.2) is 24.3 Å². The lowest BCUT2D eigenvalue weighted by Crippen LogP contribution is -2.48. The molecule has 1 rings (SSSR count). The van der Waals surface area contributed by atoms with Gasteiger partial charge in [-0.1, -0.05) is 25.5 Å². The van der Waals surface area contributed by atoms with Crippen LogP contribution in [0.3, 0.4) is 0 Å². The van der Waals surface area contributed by atoms with Crippen LogP contribution in [0, 0.1) is 6.92 Å². The molecule has 1 amide bonds. The molecule has 0 heterocycles. The lowest BCUT2D eigenvalue weighted by atomic mass is 9.96. The van der Waals surface area contributed by atoms with E-state index in [-0.39, 0.29) is 5.91 Å². The van der Waals surface area contributed by atoms with Gasteiger partial charge in [-0.05, 0) is 38.0 Å². The van der Waals surface area contributed by atoms with Crippen LogP contribution in [0.5, 0.6) is 0 Å². The summed E-state index contributed by atoms with van der Waals surface area (Å²) >= 11 is 0. The lowest BCUT2D eigenvalue weighted by molar-refractivity contribution is -0.120. The molecule has 0 spiro atoms. The molecule has 0 saturated carbocycles. The molecule has 16 heavy (non-hydrogen) atoms. The Morgan fingerprint density at radius 2 is 2.19 bits per heavy atom. The SMILES string of the molecule is CCCC(C)(N)C(=O)Nc1cccc(C)c1. The van der Waals surface area contributed by atoms with E-state index >= 15 is 0 Å². The first-order valence-electron chi connectivity index (χ1n) is 5.62. The minimum atomic E-state index is -0.793. The van der Waals surface area contributed by atoms with Crippen LogP contribution in [-0.2, 0) is 4.79 Å². The maximum absolute atomic E-state index is 11.9. The average Bonchev–Trinajstić information content (AvgIpc) is 2.17. The maximum Gasteiger partial charge on any atom is 0.244 e. The van der Waals surface area contributed by atoms with Gasteiger partial charge in [0.1, 0.15) is 0 Å². The second-order valence-electron chi connectivity index (χ2n) is 4.49. The summed E-state index contributed by atoms with van der Waals surface area (Å²) in [5, 5.41) is 2.84. The van der Waals surface area contributed by atoms with Crippen molar-refractivity contribution in [1.29, 1.82) is 0 Å². The highest BCUT2D eigenvalue weighted by atomic mass is 16.2. The van der Waals surface area contributed by atoms with Crippen molar-refractivity contribution in [2.45, 2.75) is 39.2 Å². The molecule has 3 N–H and O–H groups in total. The predicted octanol–water partition coefficient (Wildman–Crippen LogP) is 2.45. The van der Waals surface area contributed by atoms with Gasteiger partial charge in [-0.3, -0.25) is 4.79 Å². The zero-order valence-corrected chi connectivity index (χ0v) is 10.2. The van der Waals surface area contributed by atoms with Gasteiger partial charge in [0.2, 0.25) is 5.91 Å². The molecule has 0 fully saturated rings. The number of nitrogens with one attached hydrogen (secondary N) is 1. The van der Waals surface area contributed by atoms with Crippen molar-refractivity contribution in [3.63, 3.8) is 0 Å². The second-order valence-corrected chi connectivity index (χ2v) is 4.49. The molecule has 88 valence electrons. The quantitative estimate of drug-likeness (QED) is 0.819. The molecule has 1 unspecified atom stereocenters. The van der Waals surface area contributed by atoms with Gasteiger partial charge in [0.15, 0.2) is 0 Å². The van der Waals surface area contributed by atoms with Gasteiger partial charge in [0, 0.05) is 5.69 Å². The summed E-state index contributed by atoms with van der Waals surface area (Å²) in [4.78, 5) is 11.9. The molecule has 0 saturated heterocycles. The van der Waals surface area contributed by atoms with Crippen molar-refractivity contribution in [2.24, 2.45) is 5.73 Å². The first-order valence-corrected chi connectivity index (χ1v) is 5.62. The fourth-order valence-electron chi connectivity index (χ4n) is 1.63. The number of aryl methyl sites for hydroxylation is 1. The van der Waals surface area contributed by atoms with Gasteiger partial charge in [0.05, 0.1) is 5.54 Å². The summed E-state index contributed by atoms with van der Waals surface area (Å²) in [6.45, 7) is 5.77. The highest BCUT2D eigenvalue weighted by Gasteiger charge is 2.26. The van der Waals surface area contributed by atoms with Crippen molar-refractivity contribution in [1.82, 2.24) is 0 Å². The Bertz CT molecular complexity index is 372. The number of anilines is 1. The zero-order chi connectivity index (χ0) is 12.2. The molecule has 0 aliphatic heterocycles. The number of amides is 1. The molecule has 3 heteroatoms. The van der Waals surface area contributed by atoms with Crippen LogP contribution < -0.4 is 11.1 Å². The van der Waals surface area contributed by atoms with E-state index in [0.717, 1.165) is 17.7 Å². The van der Waals surface area contributed by atoms with E-state index in [1.165, 1.54) is 0 Å². The molecule has 1 aromatic rings. The number of hydrogen-bond acceptors (Lipinski definition) is 2. The number of benzene rings is 1. The van der Waals surface area contributed by atoms with Gasteiger partial charge in [-0.25, -0.2) is 0 Å². The molecule has 1 atom stereocenters. The van der Waals surface area contributed by atoms with Crippen molar-refractivity contribution < 1.29 is 4.79 Å². The van der Waals surface area contributed by atoms with Crippen molar-refractivity contribution in [3.8, 4) is 0 Å². The van der Waals surface area contributed by atoms with E-state index in [0.29, 0.717) is 6.42 Å². The molecule has 0 aromatic heterocycles. The standard InChI is InChI=1S/C13H20N2O/c1-4-8-13(3,14)12(16)15-11-7-5-6-10(2)9-11/h5-7,9H,4,8,14H2,1-3H3,(H,15,16). The topological polar surface area (TPSA) is 55.1 Å². The van der Waals surface area contributed by atoms with E-state index in [1.54, 1.807) is 6.92 Å². The number of carbonyl (C=O) groups is 1. The molecule has 0 aliphatic carbocycles. The second kappa shape index (κ2) is 5.12. The third-order valence-corrected chi connectivity index (χ3v) is 2.56. The maximum atomic E-state index is 11.9. The van der Waals surface area contributed by atoms with E-state index in [1.807, 2.05) is 38.1 Å². The summed E-state index contributed by atoms with van der Waals surface area (Å²) in [5.41, 5.74) is 7.07. The van der Waals surface area contributed by atoms with E-state index < -0.39 is 5.54 Å². The Balaban J connectivity index is 2.71. The van der Waals surface area contributed by atoms with Crippen molar-refractivity contribution in [2.75, 3.05) is 5.32 Å². The minimum Gasteiger partial charge on any atom is -0.324 e. The summed E-state index contributed by atoms with van der Waals surface area (Å²) in [6.07, 6.45) is 1.58. The van der Waals surface area contributed by atoms with Crippen LogP contribution >= 0.6 is 0 Å². The number of nitrogens with two attached hydrogens (primary N) is 1. The Morgan fingerprint density at radius 1 is 1.50 bits per heavy atom. The molecular formula is C13H20N2O. The van der Waals surface area contributed by atoms with Crippen molar-refractivity contribution in [3.05, 3.63) is 29.8 Å². The highest BCUT2D eigenvalue weighted by Crippen LogP contribution is 2.14. The Kier molecular flexibility index (Phi) is 4.07. The highest BCUT2D eigenvalue weighted by molar-refractivity contribution is 5.97. The van der Waals surface area contributed by atoms with E-state index in [2.05, 4.69) is 5.32 Å². The fourth-order valence-corrected chi connectivity index (χ4v) is 1.63. The van der Waals surface area contributed by atoms with Crippen LogP contribution in [0.2, 0.25) is 0 Å². The molecular weight excluding hydrogens is 200 g/mol. The fraction of sp³-hybridized carbons (Fsp3) is 0.462. The third kappa shape index (κ3) is 3.35. The molecule has 1 aromatic carbocycles. The Morgan fingerprint density at radius 3 is 2.75 bits per heavy atom. The largest absolute Gasteiger partial charge is 0.324 e.